The highest BCUT2D eigenvalue weighted by atomic mass is 16.5. The van der Waals surface area contributed by atoms with E-state index in [0.717, 1.165) is 24.5 Å². The van der Waals surface area contributed by atoms with Crippen molar-refractivity contribution in [1.29, 1.82) is 0 Å². The Bertz CT molecular complexity index is 203. The summed E-state index contributed by atoms with van der Waals surface area (Å²) in [6, 6.07) is 0.722. The Labute approximate surface area is 100 Å². The zero-order valence-corrected chi connectivity index (χ0v) is 10.9. The summed E-state index contributed by atoms with van der Waals surface area (Å²) < 4.78 is 5.84. The molecule has 0 radical (unpaired) electrons. The lowest BCUT2D eigenvalue weighted by atomic mass is 9.88. The van der Waals surface area contributed by atoms with Crippen molar-refractivity contribution in [2.75, 3.05) is 13.2 Å². The smallest absolute Gasteiger partial charge is 0.0616 e. The molecule has 1 saturated carbocycles. The van der Waals surface area contributed by atoms with Gasteiger partial charge in [0.25, 0.3) is 0 Å². The molecule has 2 heteroatoms. The Kier molecular flexibility index (Phi) is 4.66. The largest absolute Gasteiger partial charge is 0.378 e. The highest BCUT2D eigenvalue weighted by Crippen LogP contribution is 2.38. The number of rotatable bonds is 7. The van der Waals surface area contributed by atoms with Crippen LogP contribution in [0.3, 0.4) is 0 Å². The summed E-state index contributed by atoms with van der Waals surface area (Å²) in [5, 5.41) is 3.77. The highest BCUT2D eigenvalue weighted by molar-refractivity contribution is 4.89. The van der Waals surface area contributed by atoms with Crippen LogP contribution >= 0.6 is 0 Å². The van der Waals surface area contributed by atoms with Crippen LogP contribution in [0.1, 0.15) is 52.4 Å². The van der Waals surface area contributed by atoms with Gasteiger partial charge in [-0.05, 0) is 38.1 Å². The van der Waals surface area contributed by atoms with E-state index in [-0.39, 0.29) is 0 Å². The van der Waals surface area contributed by atoms with E-state index in [0.29, 0.717) is 6.10 Å². The molecule has 2 nitrogen and oxygen atoms in total. The second kappa shape index (κ2) is 6.02. The first-order valence-corrected chi connectivity index (χ1v) is 7.20. The Morgan fingerprint density at radius 3 is 2.69 bits per heavy atom. The molecule has 2 aliphatic rings. The normalized spacial score (nSPS) is 31.9. The Morgan fingerprint density at radius 2 is 2.06 bits per heavy atom. The van der Waals surface area contributed by atoms with E-state index in [1.807, 2.05) is 0 Å². The molecule has 0 bridgehead atoms. The molecule has 0 spiro atoms. The van der Waals surface area contributed by atoms with E-state index in [2.05, 4.69) is 19.2 Å². The van der Waals surface area contributed by atoms with Gasteiger partial charge in [0, 0.05) is 18.6 Å². The zero-order chi connectivity index (χ0) is 11.4. The minimum Gasteiger partial charge on any atom is -0.378 e. The van der Waals surface area contributed by atoms with Crippen molar-refractivity contribution in [2.24, 2.45) is 11.8 Å². The summed E-state index contributed by atoms with van der Waals surface area (Å²) in [5.41, 5.74) is 0. The van der Waals surface area contributed by atoms with Crippen molar-refractivity contribution in [3.05, 3.63) is 0 Å². The third kappa shape index (κ3) is 3.21. The lowest BCUT2D eigenvalue weighted by Crippen LogP contribution is -2.40. The maximum absolute atomic E-state index is 5.84. The van der Waals surface area contributed by atoms with Crippen molar-refractivity contribution in [2.45, 2.75) is 64.5 Å². The van der Waals surface area contributed by atoms with Gasteiger partial charge in [-0.15, -0.1) is 0 Å². The number of hydrogen-bond acceptors (Lipinski definition) is 2. The summed E-state index contributed by atoms with van der Waals surface area (Å²) in [5.74, 6) is 1.80. The predicted molar refractivity (Wildman–Crippen MR) is 67.6 cm³/mol. The third-order valence-electron chi connectivity index (χ3n) is 4.12. The van der Waals surface area contributed by atoms with Gasteiger partial charge in [-0.25, -0.2) is 0 Å². The fraction of sp³-hybridized carbons (Fsp3) is 1.00. The average Bonchev–Trinajstić information content (AvgIpc) is 2.99. The van der Waals surface area contributed by atoms with Gasteiger partial charge < -0.3 is 10.1 Å². The summed E-state index contributed by atoms with van der Waals surface area (Å²) in [7, 11) is 0. The summed E-state index contributed by atoms with van der Waals surface area (Å²) in [6.45, 7) is 6.67. The second-order valence-electron chi connectivity index (χ2n) is 5.51. The quantitative estimate of drug-likeness (QED) is 0.719. The van der Waals surface area contributed by atoms with Crippen LogP contribution in [0.2, 0.25) is 0 Å². The first-order chi connectivity index (χ1) is 7.85. The molecular weight excluding hydrogens is 198 g/mol. The summed E-state index contributed by atoms with van der Waals surface area (Å²) >= 11 is 0. The Hall–Kier alpha value is -0.0800. The lowest BCUT2D eigenvalue weighted by Gasteiger charge is -2.28. The molecular formula is C14H27NO. The van der Waals surface area contributed by atoms with Crippen LogP contribution in [0.4, 0.5) is 0 Å². The van der Waals surface area contributed by atoms with E-state index in [1.54, 1.807) is 0 Å². The molecule has 1 heterocycles. The Morgan fingerprint density at radius 1 is 1.25 bits per heavy atom. The highest BCUT2D eigenvalue weighted by Gasteiger charge is 2.36. The molecule has 0 aromatic heterocycles. The zero-order valence-electron chi connectivity index (χ0n) is 10.9. The van der Waals surface area contributed by atoms with Gasteiger partial charge in [-0.1, -0.05) is 26.7 Å². The van der Waals surface area contributed by atoms with Crippen LogP contribution in [0.15, 0.2) is 0 Å². The van der Waals surface area contributed by atoms with E-state index in [1.165, 1.54) is 45.1 Å². The molecule has 0 aromatic carbocycles. The summed E-state index contributed by atoms with van der Waals surface area (Å²) in [4.78, 5) is 0. The van der Waals surface area contributed by atoms with Gasteiger partial charge >= 0.3 is 0 Å². The molecule has 2 fully saturated rings. The van der Waals surface area contributed by atoms with Gasteiger partial charge in [0.2, 0.25) is 0 Å². The van der Waals surface area contributed by atoms with Crippen molar-refractivity contribution in [3.8, 4) is 0 Å². The van der Waals surface area contributed by atoms with E-state index < -0.39 is 0 Å². The maximum atomic E-state index is 5.84. The van der Waals surface area contributed by atoms with E-state index in [9.17, 15) is 0 Å². The van der Waals surface area contributed by atoms with Crippen LogP contribution in [-0.4, -0.2) is 25.3 Å². The SMILES string of the molecule is CCCNC(CC1CC1)C1CCOC1CC. The molecule has 1 aliphatic heterocycles. The van der Waals surface area contributed by atoms with Gasteiger partial charge in [0.15, 0.2) is 0 Å². The van der Waals surface area contributed by atoms with Gasteiger partial charge in [0.1, 0.15) is 0 Å². The molecule has 16 heavy (non-hydrogen) atoms. The summed E-state index contributed by atoms with van der Waals surface area (Å²) in [6.07, 6.45) is 8.54. The lowest BCUT2D eigenvalue weighted by molar-refractivity contribution is 0.0758. The minimum atomic E-state index is 0.521. The molecule has 2 rings (SSSR count). The second-order valence-corrected chi connectivity index (χ2v) is 5.51. The predicted octanol–water partition coefficient (Wildman–Crippen LogP) is 2.97. The van der Waals surface area contributed by atoms with Crippen LogP contribution < -0.4 is 5.32 Å². The van der Waals surface area contributed by atoms with Crippen LogP contribution in [0.25, 0.3) is 0 Å². The molecule has 0 aromatic rings. The molecule has 1 saturated heterocycles. The van der Waals surface area contributed by atoms with Crippen LogP contribution in [0.5, 0.6) is 0 Å². The fourth-order valence-corrected chi connectivity index (χ4v) is 3.00. The molecule has 1 aliphatic carbocycles. The fourth-order valence-electron chi connectivity index (χ4n) is 3.00. The van der Waals surface area contributed by atoms with Crippen molar-refractivity contribution in [1.82, 2.24) is 5.32 Å². The van der Waals surface area contributed by atoms with Crippen LogP contribution in [0, 0.1) is 11.8 Å². The molecule has 1 N–H and O–H groups in total. The first kappa shape index (κ1) is 12.4. The maximum Gasteiger partial charge on any atom is 0.0616 e. The number of hydrogen-bond donors (Lipinski definition) is 1. The topological polar surface area (TPSA) is 21.3 Å². The molecule has 3 unspecified atom stereocenters. The third-order valence-corrected chi connectivity index (χ3v) is 4.12. The van der Waals surface area contributed by atoms with Gasteiger partial charge in [-0.3, -0.25) is 0 Å². The monoisotopic (exact) mass is 225 g/mol. The van der Waals surface area contributed by atoms with Crippen molar-refractivity contribution < 1.29 is 4.74 Å². The van der Waals surface area contributed by atoms with Crippen LogP contribution in [-0.2, 0) is 4.74 Å². The molecule has 94 valence electrons. The molecule has 3 atom stereocenters. The minimum absolute atomic E-state index is 0.521. The van der Waals surface area contributed by atoms with E-state index in [4.69, 9.17) is 4.74 Å². The number of ether oxygens (including phenoxy) is 1. The van der Waals surface area contributed by atoms with Gasteiger partial charge in [0.05, 0.1) is 6.10 Å². The first-order valence-electron chi connectivity index (χ1n) is 7.20. The van der Waals surface area contributed by atoms with E-state index >= 15 is 0 Å². The average molecular weight is 225 g/mol. The standard InChI is InChI=1S/C14H27NO/c1-3-8-15-13(10-11-5-6-11)12-7-9-16-14(12)4-2/h11-15H,3-10H2,1-2H3. The Balaban J connectivity index is 1.87. The van der Waals surface area contributed by atoms with Crippen molar-refractivity contribution >= 4 is 0 Å². The van der Waals surface area contributed by atoms with Gasteiger partial charge in [-0.2, -0.15) is 0 Å². The number of nitrogens with one attached hydrogen (secondary N) is 1. The molecule has 0 amide bonds. The van der Waals surface area contributed by atoms with Crippen molar-refractivity contribution in [3.63, 3.8) is 0 Å².